The van der Waals surface area contributed by atoms with Gasteiger partial charge in [-0.3, -0.25) is 4.90 Å². The van der Waals surface area contributed by atoms with Gasteiger partial charge in [0.25, 0.3) is 0 Å². The molecule has 0 bridgehead atoms. The van der Waals surface area contributed by atoms with Crippen LogP contribution in [0.5, 0.6) is 0 Å². The van der Waals surface area contributed by atoms with Crippen LogP contribution in [0.2, 0.25) is 0 Å². The zero-order chi connectivity index (χ0) is 10.6. The van der Waals surface area contributed by atoms with Crippen molar-refractivity contribution in [3.8, 4) is 0 Å². The van der Waals surface area contributed by atoms with Crippen molar-refractivity contribution in [1.82, 2.24) is 4.90 Å². The van der Waals surface area contributed by atoms with Gasteiger partial charge in [-0.05, 0) is 32.7 Å². The van der Waals surface area contributed by atoms with Gasteiger partial charge in [0, 0.05) is 19.7 Å². The molecule has 3 heteroatoms. The fraction of sp³-hybridized carbons (Fsp3) is 1.00. The predicted molar refractivity (Wildman–Crippen MR) is 59.3 cm³/mol. The number of nitrogens with two attached hydrogens (primary N) is 1. The summed E-state index contributed by atoms with van der Waals surface area (Å²) in [5.74, 6) is 0.808. The standard InChI is InChI=1S/C11H24N2O/c1-4-14-9-11(3,8-12)13-6-5-10(2)7-13/h10H,4-9,12H2,1-3H3. The number of nitrogens with zero attached hydrogens (tertiary/aromatic N) is 1. The molecule has 0 spiro atoms. The van der Waals surface area contributed by atoms with Crippen LogP contribution in [0.4, 0.5) is 0 Å². The van der Waals surface area contributed by atoms with Crippen molar-refractivity contribution in [2.24, 2.45) is 11.7 Å². The zero-order valence-electron chi connectivity index (χ0n) is 9.75. The van der Waals surface area contributed by atoms with Crippen LogP contribution in [0.25, 0.3) is 0 Å². The zero-order valence-corrected chi connectivity index (χ0v) is 9.75. The van der Waals surface area contributed by atoms with Gasteiger partial charge in [0.05, 0.1) is 12.1 Å². The lowest BCUT2D eigenvalue weighted by atomic mass is 10.0. The van der Waals surface area contributed by atoms with E-state index in [1.165, 1.54) is 19.5 Å². The van der Waals surface area contributed by atoms with Gasteiger partial charge in [-0.1, -0.05) is 6.92 Å². The highest BCUT2D eigenvalue weighted by Crippen LogP contribution is 2.24. The van der Waals surface area contributed by atoms with Crippen LogP contribution in [-0.2, 0) is 4.74 Å². The maximum atomic E-state index is 5.85. The van der Waals surface area contributed by atoms with Gasteiger partial charge in [0.2, 0.25) is 0 Å². The first-order valence-electron chi connectivity index (χ1n) is 5.65. The normalized spacial score (nSPS) is 27.9. The van der Waals surface area contributed by atoms with E-state index in [1.54, 1.807) is 0 Å². The molecular formula is C11H24N2O. The van der Waals surface area contributed by atoms with Gasteiger partial charge < -0.3 is 10.5 Å². The fourth-order valence-electron chi connectivity index (χ4n) is 2.03. The van der Waals surface area contributed by atoms with E-state index < -0.39 is 0 Å². The highest BCUT2D eigenvalue weighted by atomic mass is 16.5. The van der Waals surface area contributed by atoms with Crippen molar-refractivity contribution in [3.05, 3.63) is 0 Å². The quantitative estimate of drug-likeness (QED) is 0.722. The van der Waals surface area contributed by atoms with Crippen LogP contribution < -0.4 is 5.73 Å². The minimum atomic E-state index is 0.0424. The fourth-order valence-corrected chi connectivity index (χ4v) is 2.03. The lowest BCUT2D eigenvalue weighted by Gasteiger charge is -2.37. The van der Waals surface area contributed by atoms with E-state index in [-0.39, 0.29) is 5.54 Å². The van der Waals surface area contributed by atoms with Gasteiger partial charge in [-0.25, -0.2) is 0 Å². The monoisotopic (exact) mass is 200 g/mol. The van der Waals surface area contributed by atoms with E-state index >= 15 is 0 Å². The average Bonchev–Trinajstić information content (AvgIpc) is 2.62. The number of hydrogen-bond acceptors (Lipinski definition) is 3. The van der Waals surface area contributed by atoms with E-state index in [4.69, 9.17) is 10.5 Å². The Bertz CT molecular complexity index is 175. The van der Waals surface area contributed by atoms with Crippen molar-refractivity contribution in [3.63, 3.8) is 0 Å². The smallest absolute Gasteiger partial charge is 0.0659 e. The van der Waals surface area contributed by atoms with Crippen molar-refractivity contribution < 1.29 is 4.74 Å². The van der Waals surface area contributed by atoms with E-state index in [1.807, 2.05) is 6.92 Å². The molecule has 2 N–H and O–H groups in total. The molecule has 2 atom stereocenters. The van der Waals surface area contributed by atoms with Crippen molar-refractivity contribution in [1.29, 1.82) is 0 Å². The summed E-state index contributed by atoms with van der Waals surface area (Å²) in [6.07, 6.45) is 1.29. The van der Waals surface area contributed by atoms with E-state index in [0.29, 0.717) is 6.54 Å². The summed E-state index contributed by atoms with van der Waals surface area (Å²) in [7, 11) is 0. The van der Waals surface area contributed by atoms with Crippen molar-refractivity contribution in [2.75, 3.05) is 32.8 Å². The van der Waals surface area contributed by atoms with E-state index in [9.17, 15) is 0 Å². The van der Waals surface area contributed by atoms with Crippen molar-refractivity contribution in [2.45, 2.75) is 32.7 Å². The lowest BCUT2D eigenvalue weighted by Crippen LogP contribution is -2.53. The summed E-state index contributed by atoms with van der Waals surface area (Å²) in [4.78, 5) is 2.48. The Morgan fingerprint density at radius 1 is 1.57 bits per heavy atom. The molecule has 0 amide bonds. The van der Waals surface area contributed by atoms with E-state index in [0.717, 1.165) is 19.1 Å². The third kappa shape index (κ3) is 2.69. The molecule has 1 rings (SSSR count). The molecule has 0 saturated carbocycles. The molecule has 0 aromatic rings. The molecule has 1 heterocycles. The molecule has 1 fully saturated rings. The molecule has 2 unspecified atom stereocenters. The number of ether oxygens (including phenoxy) is 1. The second-order valence-electron chi connectivity index (χ2n) is 4.68. The summed E-state index contributed by atoms with van der Waals surface area (Å²) in [6, 6.07) is 0. The second-order valence-corrected chi connectivity index (χ2v) is 4.68. The summed E-state index contributed by atoms with van der Waals surface area (Å²) >= 11 is 0. The average molecular weight is 200 g/mol. The molecule has 1 aliphatic heterocycles. The van der Waals surface area contributed by atoms with Crippen LogP contribution in [0, 0.1) is 5.92 Å². The largest absolute Gasteiger partial charge is 0.380 e. The highest BCUT2D eigenvalue weighted by molar-refractivity contribution is 4.91. The molecule has 0 aliphatic carbocycles. The number of hydrogen-bond donors (Lipinski definition) is 1. The molecule has 0 aromatic heterocycles. The Morgan fingerprint density at radius 3 is 2.71 bits per heavy atom. The maximum Gasteiger partial charge on any atom is 0.0659 e. The molecule has 14 heavy (non-hydrogen) atoms. The summed E-state index contributed by atoms with van der Waals surface area (Å²) in [5.41, 5.74) is 5.89. The summed E-state index contributed by atoms with van der Waals surface area (Å²) in [5, 5.41) is 0. The number of rotatable bonds is 5. The van der Waals surface area contributed by atoms with Gasteiger partial charge in [-0.2, -0.15) is 0 Å². The van der Waals surface area contributed by atoms with Gasteiger partial charge in [0.1, 0.15) is 0 Å². The predicted octanol–water partition coefficient (Wildman–Crippen LogP) is 1.08. The Hall–Kier alpha value is -0.120. The van der Waals surface area contributed by atoms with Crippen molar-refractivity contribution >= 4 is 0 Å². The first-order valence-corrected chi connectivity index (χ1v) is 5.65. The van der Waals surface area contributed by atoms with Gasteiger partial charge >= 0.3 is 0 Å². The van der Waals surface area contributed by atoms with Crippen LogP contribution in [-0.4, -0.2) is 43.3 Å². The molecular weight excluding hydrogens is 176 g/mol. The minimum Gasteiger partial charge on any atom is -0.380 e. The molecule has 0 radical (unpaired) electrons. The van der Waals surface area contributed by atoms with Crippen LogP contribution in [0.15, 0.2) is 0 Å². The first-order chi connectivity index (χ1) is 6.62. The topological polar surface area (TPSA) is 38.5 Å². The Morgan fingerprint density at radius 2 is 2.29 bits per heavy atom. The van der Waals surface area contributed by atoms with Crippen LogP contribution in [0.3, 0.4) is 0 Å². The Labute approximate surface area is 87.6 Å². The minimum absolute atomic E-state index is 0.0424. The SMILES string of the molecule is CCOCC(C)(CN)N1CCC(C)C1. The van der Waals surface area contributed by atoms with Crippen LogP contribution in [0.1, 0.15) is 27.2 Å². The van der Waals surface area contributed by atoms with Gasteiger partial charge in [-0.15, -0.1) is 0 Å². The first kappa shape index (κ1) is 12.0. The Balaban J connectivity index is 2.50. The Kier molecular flexibility index (Phi) is 4.35. The third-order valence-electron chi connectivity index (χ3n) is 3.24. The molecule has 1 saturated heterocycles. The lowest BCUT2D eigenvalue weighted by molar-refractivity contribution is 0.0212. The van der Waals surface area contributed by atoms with E-state index in [2.05, 4.69) is 18.7 Å². The van der Waals surface area contributed by atoms with Gasteiger partial charge in [0.15, 0.2) is 0 Å². The molecule has 0 aromatic carbocycles. The molecule has 84 valence electrons. The van der Waals surface area contributed by atoms with Crippen LogP contribution >= 0.6 is 0 Å². The third-order valence-corrected chi connectivity index (χ3v) is 3.24. The summed E-state index contributed by atoms with van der Waals surface area (Å²) < 4.78 is 5.52. The molecule has 1 aliphatic rings. The second kappa shape index (κ2) is 5.10. The molecule has 3 nitrogen and oxygen atoms in total. The highest BCUT2D eigenvalue weighted by Gasteiger charge is 2.34. The maximum absolute atomic E-state index is 5.85. The number of likely N-dealkylation sites (tertiary alicyclic amines) is 1. The summed E-state index contributed by atoms with van der Waals surface area (Å²) in [6.45, 7) is 11.1.